The van der Waals surface area contributed by atoms with Crippen molar-refractivity contribution in [2.45, 2.75) is 59.8 Å². The van der Waals surface area contributed by atoms with E-state index in [4.69, 9.17) is 4.74 Å². The van der Waals surface area contributed by atoms with Crippen LogP contribution in [0.1, 0.15) is 64.6 Å². The van der Waals surface area contributed by atoms with Gasteiger partial charge in [-0.25, -0.2) is 4.39 Å². The molecule has 3 heteroatoms. The summed E-state index contributed by atoms with van der Waals surface area (Å²) < 4.78 is 19.4. The Morgan fingerprint density at radius 1 is 0.857 bits per heavy atom. The predicted octanol–water partition coefficient (Wildman–Crippen LogP) is 7.54. The summed E-state index contributed by atoms with van der Waals surface area (Å²) in [7, 11) is 0. The van der Waals surface area contributed by atoms with Gasteiger partial charge in [0.25, 0.3) is 0 Å². The number of halogens is 1. The highest BCUT2D eigenvalue weighted by Crippen LogP contribution is 2.30. The van der Waals surface area contributed by atoms with Gasteiger partial charge in [0.15, 0.2) is 0 Å². The van der Waals surface area contributed by atoms with Crippen molar-refractivity contribution in [3.8, 4) is 5.75 Å². The summed E-state index contributed by atoms with van der Waals surface area (Å²) in [6, 6.07) is 18.1. The van der Waals surface area contributed by atoms with Crippen molar-refractivity contribution < 1.29 is 9.13 Å². The number of likely N-dealkylation sites (tertiary alicyclic amines) is 1. The minimum atomic E-state index is -0.177. The lowest BCUT2D eigenvalue weighted by atomic mass is 9.88. The third-order valence-electron chi connectivity index (χ3n) is 7.89. The lowest BCUT2D eigenvalue weighted by molar-refractivity contribution is 0.156. The maximum absolute atomic E-state index is 13.1. The van der Waals surface area contributed by atoms with Gasteiger partial charge in [-0.05, 0) is 123 Å². The lowest BCUT2D eigenvalue weighted by Gasteiger charge is -2.34. The molecule has 0 aromatic heterocycles. The average molecular weight is 474 g/mol. The fourth-order valence-corrected chi connectivity index (χ4v) is 5.24. The van der Waals surface area contributed by atoms with Gasteiger partial charge in [0.2, 0.25) is 0 Å². The zero-order valence-corrected chi connectivity index (χ0v) is 22.0. The van der Waals surface area contributed by atoms with Crippen molar-refractivity contribution in [3.05, 3.63) is 99.4 Å². The highest BCUT2D eigenvalue weighted by Gasteiger charge is 2.22. The Morgan fingerprint density at radius 3 is 2.09 bits per heavy atom. The molecule has 1 saturated heterocycles. The van der Waals surface area contributed by atoms with Crippen LogP contribution in [-0.4, -0.2) is 31.1 Å². The SMILES string of the molecule is Cc1cc(OCC(C)CN2CCC(c3ccc(Cc4ccc(F)cc4)cc3)CC2)c(C)c(C)c1C. The predicted molar refractivity (Wildman–Crippen MR) is 144 cm³/mol. The summed E-state index contributed by atoms with van der Waals surface area (Å²) in [4.78, 5) is 2.60. The number of nitrogens with zero attached hydrogens (tertiary/aromatic N) is 1. The van der Waals surface area contributed by atoms with E-state index >= 15 is 0 Å². The molecule has 1 atom stereocenters. The molecule has 0 saturated carbocycles. The topological polar surface area (TPSA) is 12.5 Å². The van der Waals surface area contributed by atoms with Crippen LogP contribution in [0.5, 0.6) is 5.75 Å². The van der Waals surface area contributed by atoms with E-state index in [1.807, 2.05) is 12.1 Å². The Hall–Kier alpha value is -2.65. The fraction of sp³-hybridized carbons (Fsp3) is 0.438. The summed E-state index contributed by atoms with van der Waals surface area (Å²) in [5.41, 5.74) is 9.16. The van der Waals surface area contributed by atoms with E-state index in [1.54, 1.807) is 0 Å². The zero-order valence-electron chi connectivity index (χ0n) is 22.0. The highest BCUT2D eigenvalue weighted by molar-refractivity contribution is 5.47. The lowest BCUT2D eigenvalue weighted by Crippen LogP contribution is -2.37. The number of rotatable bonds is 8. The van der Waals surface area contributed by atoms with Crippen LogP contribution in [0.4, 0.5) is 4.39 Å². The zero-order chi connectivity index (χ0) is 24.9. The molecule has 1 unspecified atom stereocenters. The number of aryl methyl sites for hydroxylation is 1. The molecule has 1 heterocycles. The number of ether oxygens (including phenoxy) is 1. The maximum atomic E-state index is 13.1. The largest absolute Gasteiger partial charge is 0.493 e. The first-order valence-corrected chi connectivity index (χ1v) is 13.1. The van der Waals surface area contributed by atoms with E-state index in [2.05, 4.69) is 69.9 Å². The normalized spacial score (nSPS) is 15.8. The highest BCUT2D eigenvalue weighted by atomic mass is 19.1. The van der Waals surface area contributed by atoms with Gasteiger partial charge in [-0.1, -0.05) is 43.3 Å². The summed E-state index contributed by atoms with van der Waals surface area (Å²) in [5, 5.41) is 0. The Labute approximate surface area is 211 Å². The fourth-order valence-electron chi connectivity index (χ4n) is 5.24. The van der Waals surface area contributed by atoms with E-state index in [-0.39, 0.29) is 5.82 Å². The molecule has 1 aliphatic heterocycles. The smallest absolute Gasteiger partial charge is 0.123 e. The van der Waals surface area contributed by atoms with Gasteiger partial charge < -0.3 is 9.64 Å². The minimum Gasteiger partial charge on any atom is -0.493 e. The molecular formula is C32H40FNO. The molecule has 186 valence electrons. The van der Waals surface area contributed by atoms with Crippen LogP contribution < -0.4 is 4.74 Å². The second-order valence-corrected chi connectivity index (χ2v) is 10.6. The van der Waals surface area contributed by atoms with Crippen molar-refractivity contribution in [2.24, 2.45) is 5.92 Å². The number of hydrogen-bond donors (Lipinski definition) is 0. The summed E-state index contributed by atoms with van der Waals surface area (Å²) >= 11 is 0. The average Bonchev–Trinajstić information content (AvgIpc) is 2.86. The van der Waals surface area contributed by atoms with E-state index in [0.717, 1.165) is 44.0 Å². The Balaban J connectivity index is 1.23. The molecule has 0 bridgehead atoms. The molecular weight excluding hydrogens is 433 g/mol. The standard InChI is InChI=1S/C32H40FNO/c1-22(21-35-32-18-23(2)24(3)25(4)26(32)5)20-34-16-14-30(15-17-34)29-10-6-27(7-11-29)19-28-8-12-31(33)13-9-28/h6-13,18,22,30H,14-17,19-21H2,1-5H3. The molecule has 3 aromatic rings. The monoisotopic (exact) mass is 473 g/mol. The van der Waals surface area contributed by atoms with Crippen LogP contribution in [0.15, 0.2) is 54.6 Å². The molecule has 0 radical (unpaired) electrons. The van der Waals surface area contributed by atoms with Crippen molar-refractivity contribution in [1.29, 1.82) is 0 Å². The van der Waals surface area contributed by atoms with Crippen LogP contribution in [0, 0.1) is 39.4 Å². The van der Waals surface area contributed by atoms with E-state index in [0.29, 0.717) is 11.8 Å². The third-order valence-corrected chi connectivity index (χ3v) is 7.89. The summed E-state index contributed by atoms with van der Waals surface area (Å²) in [5.74, 6) is 2.00. The van der Waals surface area contributed by atoms with Gasteiger partial charge in [-0.15, -0.1) is 0 Å². The molecule has 0 N–H and O–H groups in total. The molecule has 1 aliphatic rings. The van der Waals surface area contributed by atoms with Gasteiger partial charge in [0.05, 0.1) is 6.61 Å². The van der Waals surface area contributed by atoms with Crippen LogP contribution in [0.3, 0.4) is 0 Å². The first-order valence-electron chi connectivity index (χ1n) is 13.1. The molecule has 0 spiro atoms. The number of benzene rings is 3. The maximum Gasteiger partial charge on any atom is 0.123 e. The quantitative estimate of drug-likeness (QED) is 0.335. The molecule has 2 nitrogen and oxygen atoms in total. The van der Waals surface area contributed by atoms with Crippen LogP contribution >= 0.6 is 0 Å². The van der Waals surface area contributed by atoms with Crippen LogP contribution in [0.2, 0.25) is 0 Å². The van der Waals surface area contributed by atoms with Crippen molar-refractivity contribution >= 4 is 0 Å². The first kappa shape index (κ1) is 25.4. The van der Waals surface area contributed by atoms with Gasteiger partial charge in [0, 0.05) is 12.5 Å². The second-order valence-electron chi connectivity index (χ2n) is 10.6. The minimum absolute atomic E-state index is 0.177. The first-order chi connectivity index (χ1) is 16.8. The molecule has 4 rings (SSSR count). The van der Waals surface area contributed by atoms with Gasteiger partial charge in [0.1, 0.15) is 11.6 Å². The number of hydrogen-bond acceptors (Lipinski definition) is 2. The van der Waals surface area contributed by atoms with Crippen molar-refractivity contribution in [1.82, 2.24) is 4.90 Å². The van der Waals surface area contributed by atoms with Gasteiger partial charge in [-0.2, -0.15) is 0 Å². The van der Waals surface area contributed by atoms with Gasteiger partial charge >= 0.3 is 0 Å². The van der Waals surface area contributed by atoms with E-state index in [9.17, 15) is 4.39 Å². The molecule has 1 fully saturated rings. The summed E-state index contributed by atoms with van der Waals surface area (Å²) in [6.45, 7) is 15.2. The molecule has 0 aliphatic carbocycles. The van der Waals surface area contributed by atoms with Crippen LogP contribution in [0.25, 0.3) is 0 Å². The Bertz CT molecular complexity index is 1110. The molecule has 35 heavy (non-hydrogen) atoms. The number of piperidine rings is 1. The van der Waals surface area contributed by atoms with Gasteiger partial charge in [-0.3, -0.25) is 0 Å². The van der Waals surface area contributed by atoms with Crippen LogP contribution in [-0.2, 0) is 6.42 Å². The van der Waals surface area contributed by atoms with E-state index < -0.39 is 0 Å². The van der Waals surface area contributed by atoms with E-state index in [1.165, 1.54) is 58.4 Å². The third kappa shape index (κ3) is 6.52. The molecule has 3 aromatic carbocycles. The van der Waals surface area contributed by atoms with Crippen molar-refractivity contribution in [2.75, 3.05) is 26.2 Å². The molecule has 0 amide bonds. The Kier molecular flexibility index (Phi) is 8.28. The van der Waals surface area contributed by atoms with Crippen molar-refractivity contribution in [3.63, 3.8) is 0 Å². The second kappa shape index (κ2) is 11.4. The summed E-state index contributed by atoms with van der Waals surface area (Å²) in [6.07, 6.45) is 3.26. The Morgan fingerprint density at radius 2 is 1.46 bits per heavy atom.